The molecule has 0 unspecified atom stereocenters. The maximum absolute atomic E-state index is 13.1. The maximum atomic E-state index is 13.1. The van der Waals surface area contributed by atoms with Crippen molar-refractivity contribution in [1.29, 1.82) is 0 Å². The summed E-state index contributed by atoms with van der Waals surface area (Å²) in [6.07, 6.45) is -1.70. The highest BCUT2D eigenvalue weighted by atomic mass is 16.6. The van der Waals surface area contributed by atoms with Crippen molar-refractivity contribution in [3.05, 3.63) is 24.2 Å². The molecule has 0 spiro atoms. The van der Waals surface area contributed by atoms with Gasteiger partial charge in [-0.25, -0.2) is 4.79 Å². The van der Waals surface area contributed by atoms with Crippen molar-refractivity contribution >= 4 is 11.9 Å². The monoisotopic (exact) mass is 550 g/mol. The molecule has 13 atom stereocenters. The second kappa shape index (κ2) is 8.27. The molecule has 1 saturated heterocycles. The fourth-order valence-electron chi connectivity index (χ4n) is 10.1. The number of cyclic esters (lactones) is 1. The maximum Gasteiger partial charge on any atom is 0.335 e. The van der Waals surface area contributed by atoms with Crippen molar-refractivity contribution < 1.29 is 53.7 Å². The van der Waals surface area contributed by atoms with E-state index < -0.39 is 94.3 Å². The predicted molar refractivity (Wildman–Crippen MR) is 130 cm³/mol. The molecule has 0 amide bonds. The van der Waals surface area contributed by atoms with Gasteiger partial charge in [-0.1, -0.05) is 13.8 Å². The Bertz CT molecular complexity index is 1170. The van der Waals surface area contributed by atoms with Crippen molar-refractivity contribution in [2.45, 2.75) is 94.3 Å². The van der Waals surface area contributed by atoms with Crippen LogP contribution in [-0.4, -0.2) is 79.9 Å². The number of fused-ring (bicyclic) bond motifs is 6. The Labute approximate surface area is 226 Å². The van der Waals surface area contributed by atoms with Gasteiger partial charge in [0, 0.05) is 34.1 Å². The number of hydrogen-bond acceptors (Lipinski definition) is 11. The highest BCUT2D eigenvalue weighted by Gasteiger charge is 2.87. The zero-order valence-corrected chi connectivity index (χ0v) is 22.6. The van der Waals surface area contributed by atoms with E-state index in [0.717, 1.165) is 0 Å². The molecular formula is C28H38O11. The van der Waals surface area contributed by atoms with E-state index in [1.807, 2.05) is 0 Å². The lowest BCUT2D eigenvalue weighted by Crippen LogP contribution is -2.75. The first-order valence-electron chi connectivity index (χ1n) is 13.7. The van der Waals surface area contributed by atoms with Gasteiger partial charge in [0.25, 0.3) is 0 Å². The van der Waals surface area contributed by atoms with Gasteiger partial charge in [-0.3, -0.25) is 4.79 Å². The SMILES string of the molecule is COC(=O)[C@H](O)[C@@H]1[C@H]2[C@H]3CC[C@@]4(C)[C@H](c5ccoc5)OC(=O)C[C@]4(O)[C@@]3(O)[C@@H]3C[C@H](O)[C@@]1(C)C[C@@]23O[C@H](C)O. The van der Waals surface area contributed by atoms with Crippen molar-refractivity contribution in [1.82, 2.24) is 0 Å². The molecule has 1 aromatic heterocycles. The number of hydrogen-bond donors (Lipinski definition) is 5. The largest absolute Gasteiger partial charge is 0.472 e. The van der Waals surface area contributed by atoms with Gasteiger partial charge in [-0.15, -0.1) is 0 Å². The number of aliphatic hydroxyl groups excluding tert-OH is 3. The standard InChI is InChI=1S/C28H38O11/c1-13(29)39-26-12-24(2)17(30)9-16(26)28(35)15(19(26)20(24)21(32)23(33)36-4)5-7-25(3)22(14-6-8-37-11-14)38-18(31)10-27(25,28)34/h6,8,11,13,15-17,19-22,29-30,32,34-35H,5,7,9-10,12H2,1-4H3/t13-,15-,16-,17+,19-,20+,21-,22+,24-,25+,26+,27-,28+/m1/s1. The highest BCUT2D eigenvalue weighted by molar-refractivity contribution is 5.75. The molecule has 0 radical (unpaired) electrons. The Kier molecular flexibility index (Phi) is 5.76. The summed E-state index contributed by atoms with van der Waals surface area (Å²) in [6, 6.07) is 1.66. The van der Waals surface area contributed by atoms with Crippen LogP contribution in [0.25, 0.3) is 0 Å². The lowest BCUT2D eigenvalue weighted by atomic mass is 9.45. The van der Waals surface area contributed by atoms with Crippen LogP contribution < -0.4 is 0 Å². The van der Waals surface area contributed by atoms with E-state index >= 15 is 0 Å². The molecule has 11 nitrogen and oxygen atoms in total. The van der Waals surface area contributed by atoms with Crippen LogP contribution in [0.15, 0.2) is 23.0 Å². The van der Waals surface area contributed by atoms with E-state index in [1.165, 1.54) is 26.6 Å². The first-order valence-corrected chi connectivity index (χ1v) is 13.7. The Morgan fingerprint density at radius 3 is 2.56 bits per heavy atom. The van der Waals surface area contributed by atoms with Gasteiger partial charge in [0.15, 0.2) is 12.4 Å². The van der Waals surface area contributed by atoms with Gasteiger partial charge in [0.2, 0.25) is 0 Å². The van der Waals surface area contributed by atoms with Crippen molar-refractivity contribution in [3.63, 3.8) is 0 Å². The smallest absolute Gasteiger partial charge is 0.335 e. The number of furan rings is 1. The van der Waals surface area contributed by atoms with Crippen molar-refractivity contribution in [2.75, 3.05) is 7.11 Å². The van der Waals surface area contributed by atoms with Gasteiger partial charge < -0.3 is 44.2 Å². The molecule has 6 rings (SSSR count). The Morgan fingerprint density at radius 1 is 1.23 bits per heavy atom. The molecule has 0 aromatic carbocycles. The minimum Gasteiger partial charge on any atom is -0.472 e. The molecule has 5 aliphatic rings. The molecule has 5 N–H and O–H groups in total. The van der Waals surface area contributed by atoms with Gasteiger partial charge >= 0.3 is 11.9 Å². The summed E-state index contributed by atoms with van der Waals surface area (Å²) in [4.78, 5) is 25.8. The van der Waals surface area contributed by atoms with Crippen LogP contribution in [0.2, 0.25) is 0 Å². The fraction of sp³-hybridized carbons (Fsp3) is 0.786. The highest BCUT2D eigenvalue weighted by Crippen LogP contribution is 2.79. The third kappa shape index (κ3) is 3.04. The first-order chi connectivity index (χ1) is 18.2. The molecule has 216 valence electrons. The van der Waals surface area contributed by atoms with Crippen LogP contribution in [-0.2, 0) is 23.8 Å². The predicted octanol–water partition coefficient (Wildman–Crippen LogP) is 0.810. The number of carbonyl (C=O) groups excluding carboxylic acids is 2. The summed E-state index contributed by atoms with van der Waals surface area (Å²) in [7, 11) is 1.17. The molecule has 2 bridgehead atoms. The number of methoxy groups -OCH3 is 1. The van der Waals surface area contributed by atoms with Gasteiger partial charge in [-0.05, 0) is 44.6 Å². The minimum absolute atomic E-state index is 0.0269. The normalized spacial score (nSPS) is 51.5. The van der Waals surface area contributed by atoms with E-state index in [4.69, 9.17) is 18.6 Å². The molecule has 4 saturated carbocycles. The number of rotatable bonds is 5. The average Bonchev–Trinajstić information content (AvgIpc) is 3.51. The summed E-state index contributed by atoms with van der Waals surface area (Å²) in [5.41, 5.74) is -6.91. The Balaban J connectivity index is 1.57. The lowest BCUT2D eigenvalue weighted by molar-refractivity contribution is -0.326. The van der Waals surface area contributed by atoms with Crippen LogP contribution in [0.5, 0.6) is 0 Å². The van der Waals surface area contributed by atoms with E-state index in [0.29, 0.717) is 18.4 Å². The molecule has 2 heterocycles. The third-order valence-corrected chi connectivity index (χ3v) is 11.5. The van der Waals surface area contributed by atoms with Crippen LogP contribution in [0.1, 0.15) is 64.5 Å². The van der Waals surface area contributed by atoms with Crippen LogP contribution in [0.4, 0.5) is 0 Å². The molecule has 4 aliphatic carbocycles. The molecule has 5 fully saturated rings. The molecule has 1 aliphatic heterocycles. The average molecular weight is 551 g/mol. The van der Waals surface area contributed by atoms with Gasteiger partial charge in [0.05, 0.1) is 37.8 Å². The van der Waals surface area contributed by atoms with E-state index in [2.05, 4.69) is 0 Å². The van der Waals surface area contributed by atoms with Crippen molar-refractivity contribution in [3.8, 4) is 0 Å². The summed E-state index contributed by atoms with van der Waals surface area (Å²) >= 11 is 0. The van der Waals surface area contributed by atoms with E-state index in [-0.39, 0.29) is 12.8 Å². The second-order valence-corrected chi connectivity index (χ2v) is 13.0. The van der Waals surface area contributed by atoms with Gasteiger partial charge in [0.1, 0.15) is 17.3 Å². The Hall–Kier alpha value is -2.02. The van der Waals surface area contributed by atoms with Gasteiger partial charge in [-0.2, -0.15) is 0 Å². The van der Waals surface area contributed by atoms with Crippen LogP contribution in [0, 0.1) is 34.5 Å². The second-order valence-electron chi connectivity index (χ2n) is 13.0. The Morgan fingerprint density at radius 2 is 1.95 bits per heavy atom. The first kappa shape index (κ1) is 27.2. The van der Waals surface area contributed by atoms with Crippen LogP contribution in [0.3, 0.4) is 0 Å². The minimum atomic E-state index is -2.03. The zero-order valence-electron chi connectivity index (χ0n) is 22.6. The summed E-state index contributed by atoms with van der Waals surface area (Å²) in [5.74, 6) is -4.86. The molecule has 1 aromatic rings. The lowest BCUT2D eigenvalue weighted by Gasteiger charge is -2.65. The quantitative estimate of drug-likeness (QED) is 0.259. The number of esters is 2. The van der Waals surface area contributed by atoms with E-state index in [9.17, 15) is 35.1 Å². The number of carbonyl (C=O) groups is 2. The molecule has 11 heteroatoms. The van der Waals surface area contributed by atoms with Crippen LogP contribution >= 0.6 is 0 Å². The molecule has 39 heavy (non-hydrogen) atoms. The number of ether oxygens (including phenoxy) is 3. The van der Waals surface area contributed by atoms with Crippen molar-refractivity contribution in [2.24, 2.45) is 34.5 Å². The topological polar surface area (TPSA) is 176 Å². The van der Waals surface area contributed by atoms with E-state index in [1.54, 1.807) is 19.9 Å². The summed E-state index contributed by atoms with van der Waals surface area (Å²) in [5, 5.41) is 59.1. The summed E-state index contributed by atoms with van der Waals surface area (Å²) < 4.78 is 22.2. The fourth-order valence-corrected chi connectivity index (χ4v) is 10.1. The number of aliphatic hydroxyl groups is 5. The zero-order chi connectivity index (χ0) is 28.3. The summed E-state index contributed by atoms with van der Waals surface area (Å²) in [6.45, 7) is 5.01. The molecular weight excluding hydrogens is 512 g/mol. The third-order valence-electron chi connectivity index (χ3n) is 11.5.